The SMILES string of the molecule is C[Si]1(C)c2ccccc2N(c2cc(-c3cc(-c4nc(-c5cccnc5)nc(-c5ccccn5)n4)cc(N4c5ccccc5[Si](C)(C)c5ccccc54)c3)cc(-c3nc(-c4cccnc4)nc(-c4ccccn4)n3)c2)c2ccccc21. The summed E-state index contributed by atoms with van der Waals surface area (Å²) in [5.74, 6) is 2.83. The number of fused-ring (bicyclic) bond motifs is 4. The van der Waals surface area contributed by atoms with Crippen LogP contribution >= 0.6 is 0 Å². The van der Waals surface area contributed by atoms with Crippen LogP contribution in [0.25, 0.3) is 79.7 Å². The molecular formula is C66H50N12Si2. The Hall–Kier alpha value is -10.0. The van der Waals surface area contributed by atoms with E-state index in [2.05, 4.69) is 179 Å². The normalized spacial score (nSPS) is 13.7. The molecule has 6 aromatic carbocycles. The van der Waals surface area contributed by atoms with Gasteiger partial charge in [0.25, 0.3) is 0 Å². The van der Waals surface area contributed by atoms with Gasteiger partial charge in [-0.05, 0) is 141 Å². The van der Waals surface area contributed by atoms with E-state index < -0.39 is 16.1 Å². The first-order valence-electron chi connectivity index (χ1n) is 26.6. The van der Waals surface area contributed by atoms with Crippen LogP contribution in [-0.2, 0) is 0 Å². The number of para-hydroxylation sites is 4. The summed E-state index contributed by atoms with van der Waals surface area (Å²) < 4.78 is 0. The molecule has 0 saturated carbocycles. The van der Waals surface area contributed by atoms with E-state index >= 15 is 0 Å². The third-order valence-electron chi connectivity index (χ3n) is 15.4. The molecule has 12 aromatic rings. The molecule has 0 amide bonds. The number of hydrogen-bond acceptors (Lipinski definition) is 12. The van der Waals surface area contributed by atoms with Crippen molar-refractivity contribution < 1.29 is 0 Å². The Kier molecular flexibility index (Phi) is 11.8. The smallest absolute Gasteiger partial charge is 0.182 e. The maximum atomic E-state index is 5.28. The van der Waals surface area contributed by atoms with E-state index in [1.54, 1.807) is 37.2 Å². The molecule has 12 nitrogen and oxygen atoms in total. The van der Waals surface area contributed by atoms with Crippen LogP contribution in [0.5, 0.6) is 0 Å². The Morgan fingerprint density at radius 3 is 0.950 bits per heavy atom. The fourth-order valence-electron chi connectivity index (χ4n) is 11.4. The maximum Gasteiger partial charge on any atom is 0.182 e. The van der Waals surface area contributed by atoms with Crippen LogP contribution in [0.4, 0.5) is 34.1 Å². The first-order valence-corrected chi connectivity index (χ1v) is 32.6. The number of nitrogens with zero attached hydrogens (tertiary/aromatic N) is 12. The van der Waals surface area contributed by atoms with Crippen molar-refractivity contribution in [2.75, 3.05) is 9.80 Å². The highest BCUT2D eigenvalue weighted by Crippen LogP contribution is 2.45. The van der Waals surface area contributed by atoms with Crippen LogP contribution in [0.3, 0.4) is 0 Å². The number of aromatic nitrogens is 10. The molecule has 0 atom stereocenters. The average molecular weight is 1070 g/mol. The Morgan fingerprint density at radius 2 is 0.613 bits per heavy atom. The quantitative estimate of drug-likeness (QED) is 0.127. The molecule has 0 fully saturated rings. The second-order valence-corrected chi connectivity index (χ2v) is 29.7. The van der Waals surface area contributed by atoms with E-state index in [4.69, 9.17) is 39.9 Å². The lowest BCUT2D eigenvalue weighted by molar-refractivity contribution is 1.05. The molecule has 2 aliphatic heterocycles. The van der Waals surface area contributed by atoms with Crippen molar-refractivity contribution in [2.45, 2.75) is 26.2 Å². The number of anilines is 6. The van der Waals surface area contributed by atoms with Gasteiger partial charge in [-0.1, -0.05) is 111 Å². The van der Waals surface area contributed by atoms with E-state index in [1.807, 2.05) is 60.7 Å². The number of pyridine rings is 4. The van der Waals surface area contributed by atoms with Gasteiger partial charge in [0.15, 0.2) is 34.9 Å². The van der Waals surface area contributed by atoms with Gasteiger partial charge in [0.2, 0.25) is 0 Å². The van der Waals surface area contributed by atoms with Crippen molar-refractivity contribution in [3.63, 3.8) is 0 Å². The molecular weight excluding hydrogens is 1020 g/mol. The summed E-state index contributed by atoms with van der Waals surface area (Å²) in [5.41, 5.74) is 12.6. The van der Waals surface area contributed by atoms with Gasteiger partial charge in [0, 0.05) is 93.6 Å². The lowest BCUT2D eigenvalue weighted by atomic mass is 9.97. The average Bonchev–Trinajstić information content (AvgIpc) is 3.66. The molecule has 80 heavy (non-hydrogen) atoms. The largest absolute Gasteiger partial charge is 0.311 e. The van der Waals surface area contributed by atoms with Gasteiger partial charge in [0.05, 0.1) is 0 Å². The summed E-state index contributed by atoms with van der Waals surface area (Å²) >= 11 is 0. The third-order valence-corrected chi connectivity index (χ3v) is 22.5. The summed E-state index contributed by atoms with van der Waals surface area (Å²) in [6, 6.07) is 68.1. The summed E-state index contributed by atoms with van der Waals surface area (Å²) in [6.45, 7) is 9.78. The molecule has 14 heteroatoms. The number of rotatable bonds is 9. The van der Waals surface area contributed by atoms with Gasteiger partial charge in [-0.25, -0.2) is 29.9 Å². The Balaban J connectivity index is 1.07. The summed E-state index contributed by atoms with van der Waals surface area (Å²) in [6.07, 6.45) is 10.6. The van der Waals surface area contributed by atoms with Crippen molar-refractivity contribution >= 4 is 71.0 Å². The van der Waals surface area contributed by atoms with Crippen molar-refractivity contribution in [1.29, 1.82) is 0 Å². The topological polar surface area (TPSA) is 135 Å². The monoisotopic (exact) mass is 1070 g/mol. The molecule has 0 radical (unpaired) electrons. The summed E-state index contributed by atoms with van der Waals surface area (Å²) in [4.78, 5) is 54.4. The zero-order valence-electron chi connectivity index (χ0n) is 44.3. The van der Waals surface area contributed by atoms with Crippen LogP contribution < -0.4 is 30.5 Å². The van der Waals surface area contributed by atoms with Gasteiger partial charge in [-0.2, -0.15) is 0 Å². The van der Waals surface area contributed by atoms with Crippen LogP contribution in [0, 0.1) is 0 Å². The van der Waals surface area contributed by atoms with Gasteiger partial charge in [-0.15, -0.1) is 0 Å². The minimum atomic E-state index is -2.17. The Bertz CT molecular complexity index is 3840. The van der Waals surface area contributed by atoms with Crippen molar-refractivity contribution in [1.82, 2.24) is 49.8 Å². The van der Waals surface area contributed by atoms with Gasteiger partial charge >= 0.3 is 0 Å². The summed E-state index contributed by atoms with van der Waals surface area (Å²) in [7, 11) is -4.34. The maximum absolute atomic E-state index is 5.28. The van der Waals surface area contributed by atoms with E-state index in [1.165, 1.54) is 20.7 Å². The molecule has 14 rings (SSSR count). The van der Waals surface area contributed by atoms with E-state index in [9.17, 15) is 0 Å². The number of benzene rings is 6. The van der Waals surface area contributed by atoms with Crippen LogP contribution in [0.2, 0.25) is 26.2 Å². The molecule has 0 unspecified atom stereocenters. The van der Waals surface area contributed by atoms with Crippen LogP contribution in [0.1, 0.15) is 0 Å². The fraction of sp³-hybridized carbons (Fsp3) is 0.0606. The van der Waals surface area contributed by atoms with Gasteiger partial charge < -0.3 is 9.80 Å². The Morgan fingerprint density at radius 1 is 0.287 bits per heavy atom. The van der Waals surface area contributed by atoms with Gasteiger partial charge in [0.1, 0.15) is 27.5 Å². The highest BCUT2D eigenvalue weighted by atomic mass is 28.3. The predicted molar refractivity (Wildman–Crippen MR) is 325 cm³/mol. The standard InChI is InChI=1S/C66H50N12Si2/c1-79(2)57-27-9-5-23-53(57)77(54-24-6-10-28-58(54)79)49-37-45(35-47(39-49)63-71-61(43-19-17-31-67-41-43)73-65(75-63)51-21-13-15-33-69-51)46-36-48(64-72-62(44-20-18-32-68-42-44)74-66(76-64)52-22-14-16-34-70-52)40-50(38-46)78-55-25-7-11-29-59(55)80(3,4)60-30-12-8-26-56(60)78/h5-42H,1-4H3. The van der Waals surface area contributed by atoms with Crippen molar-refractivity contribution in [3.05, 3.63) is 231 Å². The lowest BCUT2D eigenvalue weighted by Gasteiger charge is -2.41. The molecule has 0 aliphatic carbocycles. The zero-order valence-corrected chi connectivity index (χ0v) is 46.3. The van der Waals surface area contributed by atoms with Crippen molar-refractivity contribution in [3.8, 4) is 79.7 Å². The van der Waals surface area contributed by atoms with Crippen LogP contribution in [0.15, 0.2) is 231 Å². The highest BCUT2D eigenvalue weighted by Gasteiger charge is 2.40. The molecule has 0 saturated heterocycles. The molecule has 6 aromatic heterocycles. The zero-order chi connectivity index (χ0) is 54.0. The molecule has 8 heterocycles. The second-order valence-electron chi connectivity index (χ2n) is 21.1. The second kappa shape index (κ2) is 19.5. The highest BCUT2D eigenvalue weighted by molar-refractivity contribution is 7.03. The molecule has 0 bridgehead atoms. The number of hydrogen-bond donors (Lipinski definition) is 0. The van der Waals surface area contributed by atoms with E-state index in [0.29, 0.717) is 46.3 Å². The van der Waals surface area contributed by atoms with E-state index in [0.717, 1.165) is 67.5 Å². The molecule has 0 spiro atoms. The minimum Gasteiger partial charge on any atom is -0.311 e. The first-order chi connectivity index (χ1) is 39.2. The van der Waals surface area contributed by atoms with Crippen LogP contribution in [-0.4, -0.2) is 66.0 Å². The lowest BCUT2D eigenvalue weighted by Crippen LogP contribution is -2.58. The predicted octanol–water partition coefficient (Wildman–Crippen LogP) is 12.5. The molecule has 382 valence electrons. The third kappa shape index (κ3) is 8.45. The molecule has 2 aliphatic rings. The minimum absolute atomic E-state index is 0.448. The van der Waals surface area contributed by atoms with Gasteiger partial charge in [-0.3, -0.25) is 19.9 Å². The van der Waals surface area contributed by atoms with Crippen molar-refractivity contribution in [2.24, 2.45) is 0 Å². The Labute approximate surface area is 465 Å². The first kappa shape index (κ1) is 48.4. The van der Waals surface area contributed by atoms with E-state index in [-0.39, 0.29) is 0 Å². The molecule has 0 N–H and O–H groups in total. The fourth-order valence-corrected chi connectivity index (χ4v) is 17.4. The summed E-state index contributed by atoms with van der Waals surface area (Å²) in [5, 5.41) is 5.40.